The Balaban J connectivity index is 1.91. The minimum absolute atomic E-state index is 0.0480. The number of hydrogen-bond donors (Lipinski definition) is 2. The number of thioether (sulfide) groups is 1. The Kier molecular flexibility index (Phi) is 6.41. The number of nitrogens with zero attached hydrogens (tertiary/aromatic N) is 2. The zero-order valence-electron chi connectivity index (χ0n) is 18.6. The smallest absolute Gasteiger partial charge is 0.339 e. The topological polar surface area (TPSA) is 135 Å². The molecule has 10 nitrogen and oxygen atoms in total. The van der Waals surface area contributed by atoms with Crippen LogP contribution in [0.1, 0.15) is 45.0 Å². The van der Waals surface area contributed by atoms with Crippen LogP contribution in [-0.4, -0.2) is 67.1 Å². The Bertz CT molecular complexity index is 1030. The largest absolute Gasteiger partial charge is 0.480 e. The lowest BCUT2D eigenvalue weighted by molar-refractivity contribution is -0.162. The number of carbonyl (C=O) groups is 4. The van der Waals surface area contributed by atoms with Crippen LogP contribution in [0.5, 0.6) is 0 Å². The summed E-state index contributed by atoms with van der Waals surface area (Å²) < 4.78 is 5.76. The Hall–Kier alpha value is -2.82. The van der Waals surface area contributed by atoms with E-state index in [-0.39, 0.29) is 12.0 Å². The first-order valence-corrected chi connectivity index (χ1v) is 11.2. The van der Waals surface area contributed by atoms with Gasteiger partial charge in [0.2, 0.25) is 11.9 Å². The zero-order chi connectivity index (χ0) is 24.0. The van der Waals surface area contributed by atoms with E-state index in [9.17, 15) is 29.1 Å². The fourth-order valence-corrected chi connectivity index (χ4v) is 5.79. The second-order valence-corrected chi connectivity index (χ2v) is 10.1. The van der Waals surface area contributed by atoms with E-state index in [0.29, 0.717) is 17.7 Å². The molecule has 2 unspecified atom stereocenters. The number of fused-ring (bicyclic) bond motifs is 1. The average Bonchev–Trinajstić information content (AvgIpc) is 2.97. The number of hydrogen-bond acceptors (Lipinski definition) is 7. The standard InChI is InChI=1S/C21H27N3O7S/c1-6-11-8-12(25)10(3)9-23(11)14(20(30)31-7-2)16(26)22-13-17(27)24-15(19(28)29)21(4,5)32-18(13)24/h8-9,13-15,18H,6-7H2,1-5H3,(H,22,26)(H,28,29)/t13?,14?,15-,18+/m0/s1. The quantitative estimate of drug-likeness (QED) is 0.337. The van der Waals surface area contributed by atoms with Crippen LogP contribution in [0.2, 0.25) is 0 Å². The molecule has 3 heterocycles. The molecule has 0 aromatic carbocycles. The normalized spacial score (nSPS) is 24.3. The van der Waals surface area contributed by atoms with Crippen molar-refractivity contribution in [2.75, 3.05) is 6.61 Å². The van der Waals surface area contributed by atoms with Crippen molar-refractivity contribution < 1.29 is 29.0 Å². The number of esters is 1. The Morgan fingerprint density at radius 1 is 1.28 bits per heavy atom. The molecule has 0 saturated carbocycles. The summed E-state index contributed by atoms with van der Waals surface area (Å²) in [5, 5.41) is 11.6. The fourth-order valence-electron chi connectivity index (χ4n) is 4.17. The van der Waals surface area contributed by atoms with Gasteiger partial charge in [-0.2, -0.15) is 0 Å². The first kappa shape index (κ1) is 23.8. The maximum absolute atomic E-state index is 13.2. The molecule has 0 bridgehead atoms. The van der Waals surface area contributed by atoms with E-state index in [1.54, 1.807) is 34.6 Å². The molecule has 0 spiro atoms. The minimum atomic E-state index is -1.43. The lowest BCUT2D eigenvalue weighted by Crippen LogP contribution is -2.71. The Morgan fingerprint density at radius 2 is 1.94 bits per heavy atom. The highest BCUT2D eigenvalue weighted by Gasteiger charge is 2.64. The van der Waals surface area contributed by atoms with E-state index >= 15 is 0 Å². The number of aryl methyl sites for hydroxylation is 2. The molecule has 2 fully saturated rings. The third kappa shape index (κ3) is 3.89. The van der Waals surface area contributed by atoms with Gasteiger partial charge in [0.15, 0.2) is 5.43 Å². The van der Waals surface area contributed by atoms with Gasteiger partial charge in [0.1, 0.15) is 17.5 Å². The molecule has 1 aromatic rings. The molecule has 11 heteroatoms. The fraction of sp³-hybridized carbons (Fsp3) is 0.571. The van der Waals surface area contributed by atoms with E-state index in [4.69, 9.17) is 4.74 Å². The summed E-state index contributed by atoms with van der Waals surface area (Å²) in [6.45, 7) is 8.50. The number of ether oxygens (including phenoxy) is 1. The van der Waals surface area contributed by atoms with Crippen LogP contribution in [0.25, 0.3) is 0 Å². The van der Waals surface area contributed by atoms with Crippen molar-refractivity contribution in [1.82, 2.24) is 14.8 Å². The summed E-state index contributed by atoms with van der Waals surface area (Å²) in [6.07, 6.45) is 1.83. The zero-order valence-corrected chi connectivity index (χ0v) is 19.4. The van der Waals surface area contributed by atoms with E-state index in [1.807, 2.05) is 0 Å². The van der Waals surface area contributed by atoms with Crippen molar-refractivity contribution in [1.29, 1.82) is 0 Å². The van der Waals surface area contributed by atoms with Gasteiger partial charge in [-0.15, -0.1) is 11.8 Å². The molecule has 2 N–H and O–H groups in total. The number of amides is 2. The van der Waals surface area contributed by atoms with Gasteiger partial charge in [-0.25, -0.2) is 9.59 Å². The highest BCUT2D eigenvalue weighted by molar-refractivity contribution is 8.01. The van der Waals surface area contributed by atoms with Crippen molar-refractivity contribution in [2.24, 2.45) is 0 Å². The summed E-state index contributed by atoms with van der Waals surface area (Å²) in [5.41, 5.74) is 0.612. The molecule has 3 rings (SSSR count). The highest BCUT2D eigenvalue weighted by Crippen LogP contribution is 2.50. The summed E-state index contributed by atoms with van der Waals surface area (Å²) in [6, 6.07) is -2.02. The van der Waals surface area contributed by atoms with E-state index in [0.717, 1.165) is 0 Å². The van der Waals surface area contributed by atoms with Crippen molar-refractivity contribution in [2.45, 2.75) is 69.3 Å². The number of carboxylic acids is 1. The van der Waals surface area contributed by atoms with Gasteiger partial charge < -0.3 is 24.6 Å². The molecule has 2 aliphatic heterocycles. The van der Waals surface area contributed by atoms with Gasteiger partial charge in [0.25, 0.3) is 5.91 Å². The number of aliphatic carboxylic acids is 1. The first-order chi connectivity index (χ1) is 14.9. The monoisotopic (exact) mass is 465 g/mol. The summed E-state index contributed by atoms with van der Waals surface area (Å²) in [5.74, 6) is -3.18. The molecule has 32 heavy (non-hydrogen) atoms. The average molecular weight is 466 g/mol. The number of aromatic nitrogens is 1. The van der Waals surface area contributed by atoms with E-state index < -0.39 is 52.0 Å². The number of carboxylic acid groups (broad SMARTS) is 1. The lowest BCUT2D eigenvalue weighted by Gasteiger charge is -2.43. The van der Waals surface area contributed by atoms with Crippen LogP contribution in [0, 0.1) is 6.92 Å². The third-order valence-corrected chi connectivity index (χ3v) is 7.29. The molecular formula is C21H27N3O7S. The lowest BCUT2D eigenvalue weighted by atomic mass is 9.96. The molecule has 2 amide bonds. The molecule has 0 radical (unpaired) electrons. The molecule has 2 saturated heterocycles. The Labute approximate surface area is 189 Å². The Morgan fingerprint density at radius 3 is 2.50 bits per heavy atom. The van der Waals surface area contributed by atoms with Crippen LogP contribution < -0.4 is 10.7 Å². The number of pyridine rings is 1. The summed E-state index contributed by atoms with van der Waals surface area (Å²) >= 11 is 1.29. The minimum Gasteiger partial charge on any atom is -0.480 e. The van der Waals surface area contributed by atoms with Gasteiger partial charge in [0.05, 0.1) is 6.61 Å². The predicted molar refractivity (Wildman–Crippen MR) is 116 cm³/mol. The molecule has 174 valence electrons. The van der Waals surface area contributed by atoms with Crippen molar-refractivity contribution in [3.63, 3.8) is 0 Å². The van der Waals surface area contributed by atoms with E-state index in [2.05, 4.69) is 5.32 Å². The number of nitrogens with one attached hydrogen (secondary N) is 1. The van der Waals surface area contributed by atoms with Crippen LogP contribution in [0.15, 0.2) is 17.1 Å². The molecule has 2 aliphatic rings. The van der Waals surface area contributed by atoms with Gasteiger partial charge >= 0.3 is 11.9 Å². The van der Waals surface area contributed by atoms with Gasteiger partial charge in [-0.05, 0) is 34.1 Å². The third-order valence-electron chi connectivity index (χ3n) is 5.72. The first-order valence-electron chi connectivity index (χ1n) is 10.4. The summed E-state index contributed by atoms with van der Waals surface area (Å²) in [4.78, 5) is 63.7. The van der Waals surface area contributed by atoms with E-state index in [1.165, 1.54) is 33.5 Å². The molecular weight excluding hydrogens is 438 g/mol. The van der Waals surface area contributed by atoms with Gasteiger partial charge in [-0.1, -0.05) is 6.92 Å². The van der Waals surface area contributed by atoms with Crippen LogP contribution in [0.4, 0.5) is 0 Å². The highest BCUT2D eigenvalue weighted by atomic mass is 32.2. The predicted octanol–water partition coefficient (Wildman–Crippen LogP) is 0.455. The summed E-state index contributed by atoms with van der Waals surface area (Å²) in [7, 11) is 0. The molecule has 4 atom stereocenters. The second kappa shape index (κ2) is 8.61. The van der Waals surface area contributed by atoms with Crippen LogP contribution in [0.3, 0.4) is 0 Å². The second-order valence-electron chi connectivity index (χ2n) is 8.31. The molecule has 1 aromatic heterocycles. The van der Waals surface area contributed by atoms with Crippen molar-refractivity contribution in [3.05, 3.63) is 33.7 Å². The maximum atomic E-state index is 13.2. The van der Waals surface area contributed by atoms with Crippen LogP contribution in [-0.2, 0) is 30.3 Å². The van der Waals surface area contributed by atoms with Crippen LogP contribution >= 0.6 is 11.8 Å². The SMILES string of the molecule is CCOC(=O)C(C(=O)NC1C(=O)N2[C@@H]1SC(C)(C)[C@@H]2C(=O)O)n1cc(C)c(=O)cc1CC. The van der Waals surface area contributed by atoms with Crippen molar-refractivity contribution >= 4 is 35.5 Å². The number of carbonyl (C=O) groups excluding carboxylic acids is 3. The number of β-lactam (4-membered cyclic amide) rings is 1. The number of rotatable bonds is 7. The van der Waals surface area contributed by atoms with Gasteiger partial charge in [-0.3, -0.25) is 14.4 Å². The maximum Gasteiger partial charge on any atom is 0.339 e. The molecule has 0 aliphatic carbocycles. The van der Waals surface area contributed by atoms with Gasteiger partial charge in [0, 0.05) is 28.3 Å². The van der Waals surface area contributed by atoms with Crippen molar-refractivity contribution in [3.8, 4) is 0 Å².